The standard InChI is InChI=1S/C27H21Cl3N2O6S/c1-3-36-23-10-15(4-8-22(23)37-14-16-5-6-18(29)13-20(16)30)11-24(26(33)34)39-27-32-31-25(38-27)19-12-17(28)7-9-21(19)35-2/h4-13H,3,14H2,1-2H3,(H,33,34)/b24-11-. The van der Waals surface area contributed by atoms with Crippen molar-refractivity contribution in [1.82, 2.24) is 10.2 Å². The zero-order valence-electron chi connectivity index (χ0n) is 20.6. The molecule has 4 rings (SSSR count). The van der Waals surface area contributed by atoms with Crippen LogP contribution in [0.4, 0.5) is 0 Å². The van der Waals surface area contributed by atoms with Gasteiger partial charge in [0.05, 0.1) is 19.3 Å². The summed E-state index contributed by atoms with van der Waals surface area (Å²) in [6.07, 6.45) is 1.47. The van der Waals surface area contributed by atoms with Crippen LogP contribution in [-0.4, -0.2) is 35.0 Å². The number of hydrogen-bond acceptors (Lipinski definition) is 8. The molecule has 0 saturated carbocycles. The monoisotopic (exact) mass is 606 g/mol. The minimum Gasteiger partial charge on any atom is -0.496 e. The minimum absolute atomic E-state index is 0.0329. The average Bonchev–Trinajstić information content (AvgIpc) is 3.37. The predicted octanol–water partition coefficient (Wildman–Crippen LogP) is 7.90. The fourth-order valence-electron chi connectivity index (χ4n) is 3.38. The second kappa shape index (κ2) is 13.1. The van der Waals surface area contributed by atoms with Gasteiger partial charge in [-0.3, -0.25) is 0 Å². The quantitative estimate of drug-likeness (QED) is 0.135. The lowest BCUT2D eigenvalue weighted by Gasteiger charge is -2.13. The number of carbonyl (C=O) groups is 1. The van der Waals surface area contributed by atoms with Crippen molar-refractivity contribution >= 4 is 58.6 Å². The molecule has 0 bridgehead atoms. The van der Waals surface area contributed by atoms with Crippen LogP contribution >= 0.6 is 46.6 Å². The Bertz CT molecular complexity index is 1530. The number of nitrogens with zero attached hydrogens (tertiary/aromatic N) is 2. The normalized spacial score (nSPS) is 11.4. The lowest BCUT2D eigenvalue weighted by molar-refractivity contribution is -0.131. The molecule has 39 heavy (non-hydrogen) atoms. The molecule has 0 amide bonds. The van der Waals surface area contributed by atoms with Crippen molar-refractivity contribution in [3.05, 3.63) is 85.7 Å². The first-order valence-electron chi connectivity index (χ1n) is 11.4. The van der Waals surface area contributed by atoms with Crippen LogP contribution in [0.15, 0.2) is 69.1 Å². The molecular formula is C27H21Cl3N2O6S. The number of carboxylic acids is 1. The Labute approximate surface area is 243 Å². The number of rotatable bonds is 11. The number of halogens is 3. The summed E-state index contributed by atoms with van der Waals surface area (Å²) in [7, 11) is 1.50. The van der Waals surface area contributed by atoms with Crippen LogP contribution in [0.25, 0.3) is 17.5 Å². The molecule has 0 saturated heterocycles. The van der Waals surface area contributed by atoms with Crippen molar-refractivity contribution in [2.24, 2.45) is 0 Å². The highest BCUT2D eigenvalue weighted by atomic mass is 35.5. The summed E-state index contributed by atoms with van der Waals surface area (Å²) < 4.78 is 22.7. The van der Waals surface area contributed by atoms with Crippen molar-refractivity contribution in [2.75, 3.05) is 13.7 Å². The van der Waals surface area contributed by atoms with Gasteiger partial charge in [-0.1, -0.05) is 46.9 Å². The van der Waals surface area contributed by atoms with Gasteiger partial charge in [-0.2, -0.15) is 0 Å². The Morgan fingerprint density at radius 3 is 2.44 bits per heavy atom. The SMILES string of the molecule is CCOc1cc(/C=C(\Sc2nnc(-c3cc(Cl)ccc3OC)o2)C(=O)O)ccc1OCc1ccc(Cl)cc1Cl. The molecule has 0 unspecified atom stereocenters. The van der Waals surface area contributed by atoms with Crippen LogP contribution in [-0.2, 0) is 11.4 Å². The Hall–Kier alpha value is -3.37. The van der Waals surface area contributed by atoms with E-state index in [2.05, 4.69) is 10.2 Å². The number of benzene rings is 3. The Balaban J connectivity index is 1.55. The van der Waals surface area contributed by atoms with E-state index in [0.29, 0.717) is 50.1 Å². The van der Waals surface area contributed by atoms with E-state index < -0.39 is 5.97 Å². The highest BCUT2D eigenvalue weighted by Gasteiger charge is 2.19. The lowest BCUT2D eigenvalue weighted by atomic mass is 10.2. The smallest absolute Gasteiger partial charge is 0.342 e. The van der Waals surface area contributed by atoms with Crippen LogP contribution in [0.2, 0.25) is 15.1 Å². The van der Waals surface area contributed by atoms with Gasteiger partial charge >= 0.3 is 5.97 Å². The number of thioether (sulfide) groups is 1. The topological polar surface area (TPSA) is 104 Å². The molecule has 12 heteroatoms. The minimum atomic E-state index is -1.17. The van der Waals surface area contributed by atoms with E-state index in [1.807, 2.05) is 6.92 Å². The van der Waals surface area contributed by atoms with Gasteiger partial charge in [0.25, 0.3) is 11.1 Å². The van der Waals surface area contributed by atoms with E-state index >= 15 is 0 Å². The van der Waals surface area contributed by atoms with Crippen LogP contribution in [0.3, 0.4) is 0 Å². The van der Waals surface area contributed by atoms with Crippen molar-refractivity contribution in [3.63, 3.8) is 0 Å². The molecule has 0 aliphatic rings. The highest BCUT2D eigenvalue weighted by molar-refractivity contribution is 8.03. The first-order chi connectivity index (χ1) is 18.8. The van der Waals surface area contributed by atoms with E-state index in [1.165, 1.54) is 13.2 Å². The maximum absolute atomic E-state index is 12.0. The molecule has 4 aromatic rings. The van der Waals surface area contributed by atoms with Gasteiger partial charge in [-0.15, -0.1) is 10.2 Å². The molecule has 0 radical (unpaired) electrons. The zero-order chi connectivity index (χ0) is 27.9. The zero-order valence-corrected chi connectivity index (χ0v) is 23.7. The van der Waals surface area contributed by atoms with Gasteiger partial charge in [-0.25, -0.2) is 4.79 Å². The molecule has 0 spiro atoms. The van der Waals surface area contributed by atoms with Crippen LogP contribution in [0.1, 0.15) is 18.1 Å². The van der Waals surface area contributed by atoms with Gasteiger partial charge in [0, 0.05) is 20.6 Å². The van der Waals surface area contributed by atoms with Crippen molar-refractivity contribution in [1.29, 1.82) is 0 Å². The van der Waals surface area contributed by atoms with Gasteiger partial charge in [0.2, 0.25) is 0 Å². The molecule has 1 heterocycles. The Morgan fingerprint density at radius 2 is 1.72 bits per heavy atom. The summed E-state index contributed by atoms with van der Waals surface area (Å²) in [4.78, 5) is 12.0. The van der Waals surface area contributed by atoms with Gasteiger partial charge < -0.3 is 23.7 Å². The lowest BCUT2D eigenvalue weighted by Crippen LogP contribution is -2.01. The summed E-state index contributed by atoms with van der Waals surface area (Å²) in [5, 5.41) is 19.3. The second-order valence-corrected chi connectivity index (χ2v) is 10.1. The summed E-state index contributed by atoms with van der Waals surface area (Å²) in [5.41, 5.74) is 1.81. The van der Waals surface area contributed by atoms with E-state index in [9.17, 15) is 9.90 Å². The molecule has 0 aliphatic carbocycles. The maximum atomic E-state index is 12.0. The Kier molecular flexibility index (Phi) is 9.63. The predicted molar refractivity (Wildman–Crippen MR) is 151 cm³/mol. The fourth-order valence-corrected chi connectivity index (χ4v) is 4.69. The fraction of sp³-hybridized carbons (Fsp3) is 0.148. The van der Waals surface area contributed by atoms with Crippen molar-refractivity contribution in [2.45, 2.75) is 18.8 Å². The Morgan fingerprint density at radius 1 is 0.974 bits per heavy atom. The molecule has 0 aliphatic heterocycles. The third-order valence-corrected chi connectivity index (χ3v) is 6.84. The first kappa shape index (κ1) is 28.6. The number of ether oxygens (including phenoxy) is 3. The van der Waals surface area contributed by atoms with Gasteiger partial charge in [0.1, 0.15) is 17.3 Å². The van der Waals surface area contributed by atoms with Crippen LogP contribution in [0, 0.1) is 0 Å². The molecule has 0 atom stereocenters. The van der Waals surface area contributed by atoms with E-state index in [0.717, 1.165) is 17.3 Å². The summed E-state index contributed by atoms with van der Waals surface area (Å²) in [6.45, 7) is 2.41. The van der Waals surface area contributed by atoms with E-state index in [4.69, 9.17) is 53.4 Å². The summed E-state index contributed by atoms with van der Waals surface area (Å²) in [6, 6.07) is 15.2. The number of aromatic nitrogens is 2. The van der Waals surface area contributed by atoms with Gasteiger partial charge in [-0.05, 0) is 72.8 Å². The van der Waals surface area contributed by atoms with Crippen molar-refractivity contribution < 1.29 is 28.5 Å². The molecule has 1 aromatic heterocycles. The second-order valence-electron chi connectivity index (χ2n) is 7.80. The van der Waals surface area contributed by atoms with Crippen molar-refractivity contribution in [3.8, 4) is 28.7 Å². The third-order valence-electron chi connectivity index (χ3n) is 5.17. The first-order valence-corrected chi connectivity index (χ1v) is 13.4. The van der Waals surface area contributed by atoms with E-state index in [-0.39, 0.29) is 22.6 Å². The summed E-state index contributed by atoms with van der Waals surface area (Å²) in [5.74, 6) is 0.372. The number of methoxy groups -OCH3 is 1. The van der Waals surface area contributed by atoms with Gasteiger partial charge in [0.15, 0.2) is 11.5 Å². The molecule has 0 fully saturated rings. The third kappa shape index (κ3) is 7.39. The molecular weight excluding hydrogens is 587 g/mol. The molecule has 202 valence electrons. The van der Waals surface area contributed by atoms with Crippen LogP contribution in [0.5, 0.6) is 17.2 Å². The number of hydrogen-bond donors (Lipinski definition) is 1. The number of aliphatic carboxylic acids is 1. The average molecular weight is 608 g/mol. The van der Waals surface area contributed by atoms with E-state index in [1.54, 1.807) is 54.6 Å². The molecule has 3 aromatic carbocycles. The maximum Gasteiger partial charge on any atom is 0.342 e. The van der Waals surface area contributed by atoms with Crippen LogP contribution < -0.4 is 14.2 Å². The highest BCUT2D eigenvalue weighted by Crippen LogP contribution is 2.36. The largest absolute Gasteiger partial charge is 0.496 e. The molecule has 1 N–H and O–H groups in total. The number of carboxylic acid groups (broad SMARTS) is 1. The summed E-state index contributed by atoms with van der Waals surface area (Å²) >= 11 is 19.1. The molecule has 8 nitrogen and oxygen atoms in total.